The first-order valence-electron chi connectivity index (χ1n) is 6.28. The SMILES string of the molecule is CCOCCCC(=O)Cc1cc(C)cc(C)c1. The molecule has 0 atom stereocenters. The number of aryl methyl sites for hydroxylation is 2. The lowest BCUT2D eigenvalue weighted by Gasteiger charge is -2.05. The molecule has 1 aromatic carbocycles. The lowest BCUT2D eigenvalue weighted by molar-refractivity contribution is -0.118. The van der Waals surface area contributed by atoms with Crippen molar-refractivity contribution in [2.24, 2.45) is 0 Å². The quantitative estimate of drug-likeness (QED) is 0.677. The summed E-state index contributed by atoms with van der Waals surface area (Å²) in [4.78, 5) is 11.7. The minimum atomic E-state index is 0.301. The van der Waals surface area contributed by atoms with Gasteiger partial charge >= 0.3 is 0 Å². The van der Waals surface area contributed by atoms with E-state index in [1.54, 1.807) is 0 Å². The smallest absolute Gasteiger partial charge is 0.137 e. The molecule has 1 rings (SSSR count). The highest BCUT2D eigenvalue weighted by atomic mass is 16.5. The standard InChI is InChI=1S/C15H22O2/c1-4-17-7-5-6-15(16)11-14-9-12(2)8-13(3)10-14/h8-10H,4-7,11H2,1-3H3. The Kier molecular flexibility index (Phi) is 5.92. The normalized spacial score (nSPS) is 10.5. The van der Waals surface area contributed by atoms with Gasteiger partial charge in [0.05, 0.1) is 0 Å². The van der Waals surface area contributed by atoms with Crippen LogP contribution in [0.25, 0.3) is 0 Å². The van der Waals surface area contributed by atoms with Crippen molar-refractivity contribution in [1.29, 1.82) is 0 Å². The van der Waals surface area contributed by atoms with Crippen LogP contribution in [0.5, 0.6) is 0 Å². The number of Topliss-reactive ketones (excluding diaryl/α,β-unsaturated/α-hetero) is 1. The second kappa shape index (κ2) is 7.23. The molecule has 0 aliphatic carbocycles. The van der Waals surface area contributed by atoms with E-state index in [-0.39, 0.29) is 0 Å². The van der Waals surface area contributed by atoms with Crippen LogP contribution in [0.4, 0.5) is 0 Å². The lowest BCUT2D eigenvalue weighted by Crippen LogP contribution is -2.05. The van der Waals surface area contributed by atoms with Crippen molar-refractivity contribution >= 4 is 5.78 Å². The maximum Gasteiger partial charge on any atom is 0.137 e. The van der Waals surface area contributed by atoms with Crippen LogP contribution in [-0.4, -0.2) is 19.0 Å². The number of ketones is 1. The third-order valence-electron chi connectivity index (χ3n) is 2.63. The van der Waals surface area contributed by atoms with Crippen molar-refractivity contribution in [3.05, 3.63) is 34.9 Å². The van der Waals surface area contributed by atoms with E-state index in [0.29, 0.717) is 25.2 Å². The van der Waals surface area contributed by atoms with Gasteiger partial charge in [0, 0.05) is 26.1 Å². The maximum atomic E-state index is 11.7. The molecular formula is C15H22O2. The molecule has 0 heterocycles. The fraction of sp³-hybridized carbons (Fsp3) is 0.533. The van der Waals surface area contributed by atoms with Crippen LogP contribution >= 0.6 is 0 Å². The molecule has 0 N–H and O–H groups in total. The first kappa shape index (κ1) is 13.9. The van der Waals surface area contributed by atoms with Gasteiger partial charge in [0.25, 0.3) is 0 Å². The molecule has 1 aromatic rings. The molecule has 2 nitrogen and oxygen atoms in total. The van der Waals surface area contributed by atoms with Gasteiger partial charge in [0.1, 0.15) is 5.78 Å². The number of rotatable bonds is 7. The number of hydrogen-bond acceptors (Lipinski definition) is 2. The molecule has 0 aromatic heterocycles. The second-order valence-corrected chi connectivity index (χ2v) is 4.51. The summed E-state index contributed by atoms with van der Waals surface area (Å²) in [5, 5.41) is 0. The molecule has 94 valence electrons. The van der Waals surface area contributed by atoms with Crippen LogP contribution in [-0.2, 0) is 16.0 Å². The van der Waals surface area contributed by atoms with E-state index in [9.17, 15) is 4.79 Å². The van der Waals surface area contributed by atoms with Crippen LogP contribution in [0.1, 0.15) is 36.5 Å². The monoisotopic (exact) mass is 234 g/mol. The second-order valence-electron chi connectivity index (χ2n) is 4.51. The Morgan fingerprint density at radius 2 is 1.82 bits per heavy atom. The summed E-state index contributed by atoms with van der Waals surface area (Å²) in [5.74, 6) is 0.301. The van der Waals surface area contributed by atoms with Crippen LogP contribution in [0.15, 0.2) is 18.2 Å². The van der Waals surface area contributed by atoms with Crippen LogP contribution < -0.4 is 0 Å². The number of benzene rings is 1. The van der Waals surface area contributed by atoms with E-state index in [1.807, 2.05) is 6.92 Å². The summed E-state index contributed by atoms with van der Waals surface area (Å²) in [6.45, 7) is 7.52. The van der Waals surface area contributed by atoms with Gasteiger partial charge < -0.3 is 4.74 Å². The number of carbonyl (C=O) groups is 1. The van der Waals surface area contributed by atoms with Gasteiger partial charge in [-0.2, -0.15) is 0 Å². The zero-order chi connectivity index (χ0) is 12.7. The van der Waals surface area contributed by atoms with Gasteiger partial charge in [-0.15, -0.1) is 0 Å². The van der Waals surface area contributed by atoms with Crippen molar-refractivity contribution in [3.63, 3.8) is 0 Å². The zero-order valence-corrected chi connectivity index (χ0v) is 11.1. The first-order valence-corrected chi connectivity index (χ1v) is 6.28. The average Bonchev–Trinajstić information content (AvgIpc) is 2.23. The molecule has 0 unspecified atom stereocenters. The number of ether oxygens (including phenoxy) is 1. The molecule has 2 heteroatoms. The topological polar surface area (TPSA) is 26.3 Å². The Morgan fingerprint density at radius 1 is 1.18 bits per heavy atom. The van der Waals surface area contributed by atoms with E-state index >= 15 is 0 Å². The molecule has 17 heavy (non-hydrogen) atoms. The Morgan fingerprint density at radius 3 is 2.41 bits per heavy atom. The predicted octanol–water partition coefficient (Wildman–Crippen LogP) is 3.23. The third-order valence-corrected chi connectivity index (χ3v) is 2.63. The van der Waals surface area contributed by atoms with Gasteiger partial charge in [-0.1, -0.05) is 29.3 Å². The largest absolute Gasteiger partial charge is 0.382 e. The lowest BCUT2D eigenvalue weighted by atomic mass is 10.0. The van der Waals surface area contributed by atoms with Gasteiger partial charge in [-0.3, -0.25) is 4.79 Å². The van der Waals surface area contributed by atoms with Gasteiger partial charge in [-0.25, -0.2) is 0 Å². The molecule has 0 spiro atoms. The highest BCUT2D eigenvalue weighted by Crippen LogP contribution is 2.10. The fourth-order valence-corrected chi connectivity index (χ4v) is 2.00. The van der Waals surface area contributed by atoms with Crippen LogP contribution in [0.3, 0.4) is 0 Å². The Balaban J connectivity index is 2.39. The first-order chi connectivity index (χ1) is 8.11. The molecule has 0 aliphatic heterocycles. The van der Waals surface area contributed by atoms with Crippen molar-refractivity contribution in [1.82, 2.24) is 0 Å². The Bertz CT molecular complexity index is 349. The number of carbonyl (C=O) groups excluding carboxylic acids is 1. The van der Waals surface area contributed by atoms with Crippen molar-refractivity contribution in [3.8, 4) is 0 Å². The summed E-state index contributed by atoms with van der Waals surface area (Å²) in [6, 6.07) is 6.31. The van der Waals surface area contributed by atoms with Crippen molar-refractivity contribution in [2.45, 2.75) is 40.0 Å². The van der Waals surface area contributed by atoms with Gasteiger partial charge in [-0.05, 0) is 32.8 Å². The van der Waals surface area contributed by atoms with Crippen LogP contribution in [0, 0.1) is 13.8 Å². The summed E-state index contributed by atoms with van der Waals surface area (Å²) >= 11 is 0. The average molecular weight is 234 g/mol. The molecular weight excluding hydrogens is 212 g/mol. The van der Waals surface area contributed by atoms with E-state index in [4.69, 9.17) is 4.74 Å². The Hall–Kier alpha value is -1.15. The summed E-state index contributed by atoms with van der Waals surface area (Å²) < 4.78 is 5.22. The minimum Gasteiger partial charge on any atom is -0.382 e. The summed E-state index contributed by atoms with van der Waals surface area (Å²) in [5.41, 5.74) is 3.58. The fourth-order valence-electron chi connectivity index (χ4n) is 2.00. The van der Waals surface area contributed by atoms with E-state index in [2.05, 4.69) is 32.0 Å². The molecule has 0 bridgehead atoms. The molecule has 0 radical (unpaired) electrons. The molecule has 0 saturated carbocycles. The van der Waals surface area contributed by atoms with E-state index in [0.717, 1.165) is 18.6 Å². The highest BCUT2D eigenvalue weighted by Gasteiger charge is 2.04. The molecule has 0 amide bonds. The number of hydrogen-bond donors (Lipinski definition) is 0. The molecule has 0 saturated heterocycles. The zero-order valence-electron chi connectivity index (χ0n) is 11.1. The van der Waals surface area contributed by atoms with E-state index in [1.165, 1.54) is 11.1 Å². The maximum absolute atomic E-state index is 11.7. The Labute approximate surface area is 104 Å². The predicted molar refractivity (Wildman–Crippen MR) is 70.4 cm³/mol. The molecule has 0 aliphatic rings. The van der Waals surface area contributed by atoms with Crippen molar-refractivity contribution < 1.29 is 9.53 Å². The van der Waals surface area contributed by atoms with E-state index < -0.39 is 0 Å². The minimum absolute atomic E-state index is 0.301. The third kappa shape index (κ3) is 5.64. The summed E-state index contributed by atoms with van der Waals surface area (Å²) in [7, 11) is 0. The van der Waals surface area contributed by atoms with Gasteiger partial charge in [0.2, 0.25) is 0 Å². The molecule has 0 fully saturated rings. The van der Waals surface area contributed by atoms with Crippen LogP contribution in [0.2, 0.25) is 0 Å². The van der Waals surface area contributed by atoms with Crippen molar-refractivity contribution in [2.75, 3.05) is 13.2 Å². The summed E-state index contributed by atoms with van der Waals surface area (Å²) in [6.07, 6.45) is 2.00. The van der Waals surface area contributed by atoms with Gasteiger partial charge in [0.15, 0.2) is 0 Å². The highest BCUT2D eigenvalue weighted by molar-refractivity contribution is 5.80.